The number of nitro groups is 1. The van der Waals surface area contributed by atoms with Crippen LogP contribution in [-0.4, -0.2) is 52.8 Å². The molecule has 10 heteroatoms. The van der Waals surface area contributed by atoms with Crippen molar-refractivity contribution in [1.29, 1.82) is 0 Å². The maximum atomic E-state index is 12.1. The van der Waals surface area contributed by atoms with Crippen LogP contribution in [0.3, 0.4) is 0 Å². The Labute approximate surface area is 128 Å². The molecule has 0 fully saturated rings. The molecule has 0 bridgehead atoms. The SMILES string of the molecule is COC(=O)C1=CC([N+](=O)[O-])=C(Cl)C(S(=O)/N=C/N(C)C)C1. The van der Waals surface area contributed by atoms with E-state index in [4.69, 9.17) is 11.6 Å². The van der Waals surface area contributed by atoms with E-state index in [0.717, 1.165) is 13.2 Å². The molecule has 0 saturated heterocycles. The van der Waals surface area contributed by atoms with E-state index in [1.807, 2.05) is 0 Å². The fraction of sp³-hybridized carbons (Fsp3) is 0.455. The number of hydrogen-bond acceptors (Lipinski definition) is 5. The van der Waals surface area contributed by atoms with Gasteiger partial charge in [0.25, 0.3) is 5.70 Å². The number of allylic oxidation sites excluding steroid dienone is 1. The van der Waals surface area contributed by atoms with Crippen LogP contribution in [0, 0.1) is 10.1 Å². The predicted octanol–water partition coefficient (Wildman–Crippen LogP) is 0.839. The molecule has 0 spiro atoms. The van der Waals surface area contributed by atoms with Crippen molar-refractivity contribution in [2.75, 3.05) is 21.2 Å². The van der Waals surface area contributed by atoms with Crippen LogP contribution in [0.4, 0.5) is 0 Å². The summed E-state index contributed by atoms with van der Waals surface area (Å²) in [7, 11) is 2.67. The summed E-state index contributed by atoms with van der Waals surface area (Å²) in [4.78, 5) is 23.4. The van der Waals surface area contributed by atoms with Crippen molar-refractivity contribution < 1.29 is 18.7 Å². The Morgan fingerprint density at radius 2 is 2.29 bits per heavy atom. The van der Waals surface area contributed by atoms with Gasteiger partial charge in [-0.05, 0) is 0 Å². The normalized spacial score (nSPS) is 20.2. The van der Waals surface area contributed by atoms with Gasteiger partial charge in [0.15, 0.2) is 0 Å². The second-order valence-corrected chi connectivity index (χ2v) is 6.04. The van der Waals surface area contributed by atoms with Gasteiger partial charge in [-0.25, -0.2) is 9.00 Å². The third-order valence-corrected chi connectivity index (χ3v) is 4.29. The molecule has 2 atom stereocenters. The van der Waals surface area contributed by atoms with Crippen LogP contribution in [0.1, 0.15) is 6.42 Å². The van der Waals surface area contributed by atoms with Crippen LogP contribution in [0.5, 0.6) is 0 Å². The third kappa shape index (κ3) is 4.36. The molecule has 0 radical (unpaired) electrons. The van der Waals surface area contributed by atoms with E-state index >= 15 is 0 Å². The minimum absolute atomic E-state index is 0.0343. The molecule has 0 heterocycles. The highest BCUT2D eigenvalue weighted by Gasteiger charge is 2.35. The Balaban J connectivity index is 3.17. The number of halogens is 1. The number of ether oxygens (including phenoxy) is 1. The molecule has 116 valence electrons. The fourth-order valence-electron chi connectivity index (χ4n) is 1.53. The summed E-state index contributed by atoms with van der Waals surface area (Å²) in [5.74, 6) is -0.725. The van der Waals surface area contributed by atoms with Crippen molar-refractivity contribution >= 4 is 34.9 Å². The standard InChI is InChI=1S/C11H14ClN3O5S/c1-14(2)6-13-21(19)9-5-7(11(16)20-3)4-8(10(9)12)15(17)18/h4,6,9H,5H2,1-3H3/b13-6+. The van der Waals surface area contributed by atoms with Gasteiger partial charge < -0.3 is 9.64 Å². The number of carbonyl (C=O) groups is 1. The molecule has 2 unspecified atom stereocenters. The first-order valence-electron chi connectivity index (χ1n) is 5.72. The lowest BCUT2D eigenvalue weighted by atomic mass is 10.0. The first kappa shape index (κ1) is 17.3. The van der Waals surface area contributed by atoms with Crippen molar-refractivity contribution in [2.24, 2.45) is 4.40 Å². The van der Waals surface area contributed by atoms with Crippen LogP contribution < -0.4 is 0 Å². The molecule has 0 aromatic rings. The number of esters is 1. The Morgan fingerprint density at radius 3 is 2.76 bits per heavy atom. The molecule has 1 aliphatic rings. The molecule has 1 rings (SSSR count). The fourth-order valence-corrected chi connectivity index (χ4v) is 3.01. The van der Waals surface area contributed by atoms with E-state index in [0.29, 0.717) is 0 Å². The first-order chi connectivity index (χ1) is 9.77. The first-order valence-corrected chi connectivity index (χ1v) is 7.27. The van der Waals surface area contributed by atoms with Gasteiger partial charge in [0, 0.05) is 32.2 Å². The highest BCUT2D eigenvalue weighted by atomic mass is 35.5. The Bertz CT molecular complexity index is 570. The van der Waals surface area contributed by atoms with Gasteiger partial charge in [-0.3, -0.25) is 10.1 Å². The zero-order valence-electron chi connectivity index (χ0n) is 11.6. The molecular formula is C11H14ClN3O5S. The van der Waals surface area contributed by atoms with E-state index in [-0.39, 0.29) is 17.0 Å². The zero-order chi connectivity index (χ0) is 16.2. The Hall–Kier alpha value is -1.74. The van der Waals surface area contributed by atoms with E-state index in [9.17, 15) is 19.1 Å². The molecule has 0 amide bonds. The van der Waals surface area contributed by atoms with E-state index in [2.05, 4.69) is 9.13 Å². The number of carbonyl (C=O) groups excluding carboxylic acids is 1. The summed E-state index contributed by atoms with van der Waals surface area (Å²) in [5.41, 5.74) is -0.436. The summed E-state index contributed by atoms with van der Waals surface area (Å²) in [6.45, 7) is 0. The van der Waals surface area contributed by atoms with Crippen molar-refractivity contribution in [1.82, 2.24) is 4.90 Å². The third-order valence-electron chi connectivity index (χ3n) is 2.51. The molecule has 1 aliphatic carbocycles. The number of nitrogens with zero attached hydrogens (tertiary/aromatic N) is 3. The molecule has 0 aromatic heterocycles. The minimum Gasteiger partial charge on any atom is -0.466 e. The highest BCUT2D eigenvalue weighted by Crippen LogP contribution is 2.32. The molecule has 0 aromatic carbocycles. The lowest BCUT2D eigenvalue weighted by Gasteiger charge is -2.18. The van der Waals surface area contributed by atoms with Crippen molar-refractivity contribution in [3.05, 3.63) is 32.5 Å². The van der Waals surface area contributed by atoms with Crippen molar-refractivity contribution in [3.63, 3.8) is 0 Å². The molecule has 21 heavy (non-hydrogen) atoms. The largest absolute Gasteiger partial charge is 0.466 e. The maximum absolute atomic E-state index is 12.1. The van der Waals surface area contributed by atoms with Crippen molar-refractivity contribution in [3.8, 4) is 0 Å². The summed E-state index contributed by atoms with van der Waals surface area (Å²) in [6.07, 6.45) is 2.31. The molecule has 0 N–H and O–H groups in total. The smallest absolute Gasteiger partial charge is 0.334 e. The Morgan fingerprint density at radius 1 is 1.67 bits per heavy atom. The Kier molecular flexibility index (Phi) is 6.03. The second-order valence-electron chi connectivity index (χ2n) is 4.30. The molecule has 0 saturated carbocycles. The van der Waals surface area contributed by atoms with Crippen LogP contribution in [0.25, 0.3) is 0 Å². The average molecular weight is 336 g/mol. The quantitative estimate of drug-likeness (QED) is 0.242. The maximum Gasteiger partial charge on any atom is 0.334 e. The van der Waals surface area contributed by atoms with Gasteiger partial charge in [-0.15, -0.1) is 0 Å². The zero-order valence-corrected chi connectivity index (χ0v) is 13.2. The van der Waals surface area contributed by atoms with Gasteiger partial charge in [0.2, 0.25) is 0 Å². The predicted molar refractivity (Wildman–Crippen MR) is 78.7 cm³/mol. The van der Waals surface area contributed by atoms with Gasteiger partial charge in [0.1, 0.15) is 27.6 Å². The van der Waals surface area contributed by atoms with Crippen LogP contribution in [0.15, 0.2) is 26.8 Å². The van der Waals surface area contributed by atoms with Crippen LogP contribution >= 0.6 is 11.6 Å². The summed E-state index contributed by atoms with van der Waals surface area (Å²) in [6, 6.07) is 0. The molecular weight excluding hydrogens is 322 g/mol. The van der Waals surface area contributed by atoms with E-state index in [1.165, 1.54) is 6.34 Å². The van der Waals surface area contributed by atoms with Crippen LogP contribution in [0.2, 0.25) is 0 Å². The lowest BCUT2D eigenvalue weighted by Crippen LogP contribution is -2.25. The van der Waals surface area contributed by atoms with E-state index < -0.39 is 32.8 Å². The van der Waals surface area contributed by atoms with Gasteiger partial charge in [-0.1, -0.05) is 11.6 Å². The van der Waals surface area contributed by atoms with Crippen LogP contribution in [-0.2, 0) is 20.5 Å². The monoisotopic (exact) mass is 335 g/mol. The number of hydrogen-bond donors (Lipinski definition) is 0. The topological polar surface area (TPSA) is 102 Å². The molecule has 0 aliphatic heterocycles. The summed E-state index contributed by atoms with van der Waals surface area (Å²) < 4.78 is 20.4. The van der Waals surface area contributed by atoms with Gasteiger partial charge >= 0.3 is 5.97 Å². The highest BCUT2D eigenvalue weighted by molar-refractivity contribution is 7.84. The lowest BCUT2D eigenvalue weighted by molar-refractivity contribution is -0.420. The average Bonchev–Trinajstić information content (AvgIpc) is 2.43. The summed E-state index contributed by atoms with van der Waals surface area (Å²) in [5, 5.41) is 9.83. The van der Waals surface area contributed by atoms with Crippen molar-refractivity contribution in [2.45, 2.75) is 11.7 Å². The number of methoxy groups -OCH3 is 1. The molecule has 8 nitrogen and oxygen atoms in total. The second kappa shape index (κ2) is 7.32. The number of rotatable bonds is 5. The van der Waals surface area contributed by atoms with Gasteiger partial charge in [-0.2, -0.15) is 4.40 Å². The van der Waals surface area contributed by atoms with E-state index in [1.54, 1.807) is 19.0 Å². The van der Waals surface area contributed by atoms with Gasteiger partial charge in [0.05, 0.1) is 12.0 Å². The summed E-state index contributed by atoms with van der Waals surface area (Å²) >= 11 is 5.93. The minimum atomic E-state index is -1.85.